The van der Waals surface area contributed by atoms with Crippen molar-refractivity contribution < 1.29 is 5.11 Å². The first-order valence-corrected chi connectivity index (χ1v) is 6.45. The summed E-state index contributed by atoms with van der Waals surface area (Å²) in [6.45, 7) is 0. The van der Waals surface area contributed by atoms with Gasteiger partial charge in [-0.1, -0.05) is 36.4 Å². The number of aromatic hydroxyl groups is 1. The molecule has 2 aromatic carbocycles. The van der Waals surface area contributed by atoms with Crippen LogP contribution >= 0.6 is 11.3 Å². The van der Waals surface area contributed by atoms with Gasteiger partial charge in [0.15, 0.2) is 0 Å². The number of thiazole rings is 1. The lowest BCUT2D eigenvalue weighted by Gasteiger charge is -1.89. The van der Waals surface area contributed by atoms with Gasteiger partial charge in [0, 0.05) is 0 Å². The van der Waals surface area contributed by atoms with Gasteiger partial charge >= 0.3 is 0 Å². The van der Waals surface area contributed by atoms with E-state index in [9.17, 15) is 5.11 Å². The Morgan fingerprint density at radius 1 is 1.00 bits per heavy atom. The number of fused-ring (bicyclic) bond motifs is 1. The Morgan fingerprint density at radius 2 is 1.83 bits per heavy atom. The number of phenols is 1. The van der Waals surface area contributed by atoms with Crippen molar-refractivity contribution in [1.29, 1.82) is 0 Å². The molecule has 1 aromatic heterocycles. The fourth-order valence-electron chi connectivity index (χ4n) is 1.73. The third-order valence-corrected chi connectivity index (χ3v) is 3.59. The van der Waals surface area contributed by atoms with Crippen molar-refractivity contribution in [3.05, 3.63) is 59.1 Å². The lowest BCUT2D eigenvalue weighted by atomic mass is 10.2. The highest BCUT2D eigenvalue weighted by atomic mass is 32.1. The number of nitrogens with zero attached hydrogens (tertiary/aromatic N) is 1. The van der Waals surface area contributed by atoms with Gasteiger partial charge in [0.2, 0.25) is 0 Å². The zero-order valence-corrected chi connectivity index (χ0v) is 10.4. The Kier molecular flexibility index (Phi) is 2.82. The Morgan fingerprint density at radius 3 is 2.67 bits per heavy atom. The molecule has 0 amide bonds. The second-order valence-corrected chi connectivity index (χ2v) is 5.01. The van der Waals surface area contributed by atoms with Crippen LogP contribution in [0.5, 0.6) is 5.75 Å². The molecule has 0 saturated carbocycles. The van der Waals surface area contributed by atoms with Gasteiger partial charge in [-0.25, -0.2) is 4.98 Å². The van der Waals surface area contributed by atoms with Crippen LogP contribution in [0.15, 0.2) is 48.5 Å². The number of hydrogen-bond acceptors (Lipinski definition) is 3. The highest BCUT2D eigenvalue weighted by Gasteiger charge is 2.01. The van der Waals surface area contributed by atoms with Crippen LogP contribution in [0.1, 0.15) is 10.6 Å². The van der Waals surface area contributed by atoms with E-state index in [1.807, 2.05) is 36.4 Å². The average molecular weight is 253 g/mol. The predicted molar refractivity (Wildman–Crippen MR) is 76.7 cm³/mol. The summed E-state index contributed by atoms with van der Waals surface area (Å²) in [5, 5.41) is 10.4. The molecule has 0 saturated heterocycles. The summed E-state index contributed by atoms with van der Waals surface area (Å²) in [5.74, 6) is 0.282. The molecule has 0 radical (unpaired) electrons. The summed E-state index contributed by atoms with van der Waals surface area (Å²) in [6.07, 6.45) is 4.04. The van der Waals surface area contributed by atoms with E-state index in [1.165, 1.54) is 0 Å². The Bertz CT molecular complexity index is 701. The molecule has 1 heterocycles. The number of hydrogen-bond donors (Lipinski definition) is 1. The largest absolute Gasteiger partial charge is 0.508 e. The van der Waals surface area contributed by atoms with E-state index in [-0.39, 0.29) is 5.75 Å². The zero-order valence-electron chi connectivity index (χ0n) is 9.58. The van der Waals surface area contributed by atoms with Crippen LogP contribution < -0.4 is 0 Å². The maximum Gasteiger partial charge on any atom is 0.117 e. The fourth-order valence-corrected chi connectivity index (χ4v) is 2.64. The molecule has 0 fully saturated rings. The Hall–Kier alpha value is -2.13. The predicted octanol–water partition coefficient (Wildman–Crippen LogP) is 4.17. The molecular formula is C15H11NOS. The molecule has 3 heteroatoms. The highest BCUT2D eigenvalue weighted by Crippen LogP contribution is 2.26. The van der Waals surface area contributed by atoms with Gasteiger partial charge < -0.3 is 5.11 Å². The smallest absolute Gasteiger partial charge is 0.117 e. The molecule has 18 heavy (non-hydrogen) atoms. The maximum atomic E-state index is 9.41. The van der Waals surface area contributed by atoms with E-state index in [0.717, 1.165) is 20.8 Å². The number of phenolic OH excluding ortho intramolecular Hbond substituents is 1. The van der Waals surface area contributed by atoms with E-state index in [0.29, 0.717) is 0 Å². The van der Waals surface area contributed by atoms with Crippen molar-refractivity contribution >= 4 is 33.7 Å². The topological polar surface area (TPSA) is 33.1 Å². The summed E-state index contributed by atoms with van der Waals surface area (Å²) in [5.41, 5.74) is 2.07. The average Bonchev–Trinajstić information content (AvgIpc) is 2.79. The SMILES string of the molecule is Oc1ccc2nc(/C=C/c3ccccc3)sc2c1. The minimum absolute atomic E-state index is 0.282. The van der Waals surface area contributed by atoms with E-state index in [4.69, 9.17) is 0 Å². The van der Waals surface area contributed by atoms with Crippen molar-refractivity contribution in [2.75, 3.05) is 0 Å². The Balaban J connectivity index is 1.93. The van der Waals surface area contributed by atoms with Crippen LogP contribution in [0.3, 0.4) is 0 Å². The van der Waals surface area contributed by atoms with Crippen molar-refractivity contribution in [1.82, 2.24) is 4.98 Å². The van der Waals surface area contributed by atoms with E-state index < -0.39 is 0 Å². The highest BCUT2D eigenvalue weighted by molar-refractivity contribution is 7.19. The minimum atomic E-state index is 0.282. The summed E-state index contributed by atoms with van der Waals surface area (Å²) >= 11 is 1.57. The molecule has 0 aliphatic heterocycles. The van der Waals surface area contributed by atoms with Crippen LogP contribution in [-0.2, 0) is 0 Å². The first-order valence-electron chi connectivity index (χ1n) is 5.64. The standard InChI is InChI=1S/C15H11NOS/c17-12-7-8-13-14(10-12)18-15(16-13)9-6-11-4-2-1-3-5-11/h1-10,17H/b9-6+. The molecular weight excluding hydrogens is 242 g/mol. The number of aromatic nitrogens is 1. The van der Waals surface area contributed by atoms with Crippen molar-refractivity contribution in [2.24, 2.45) is 0 Å². The van der Waals surface area contributed by atoms with Crippen LogP contribution in [-0.4, -0.2) is 10.1 Å². The third-order valence-electron chi connectivity index (χ3n) is 2.61. The van der Waals surface area contributed by atoms with Crippen molar-refractivity contribution in [3.8, 4) is 5.75 Å². The summed E-state index contributed by atoms with van der Waals surface area (Å²) in [7, 11) is 0. The third kappa shape index (κ3) is 2.26. The number of benzene rings is 2. The molecule has 0 aliphatic carbocycles. The monoisotopic (exact) mass is 253 g/mol. The van der Waals surface area contributed by atoms with E-state index in [2.05, 4.69) is 17.1 Å². The Labute approximate surface area is 109 Å². The van der Waals surface area contributed by atoms with Gasteiger partial charge in [0.05, 0.1) is 10.2 Å². The van der Waals surface area contributed by atoms with E-state index >= 15 is 0 Å². The first-order chi connectivity index (χ1) is 8.81. The summed E-state index contributed by atoms with van der Waals surface area (Å²) in [6, 6.07) is 15.4. The van der Waals surface area contributed by atoms with Crippen LogP contribution in [0.2, 0.25) is 0 Å². The van der Waals surface area contributed by atoms with E-state index in [1.54, 1.807) is 23.5 Å². The molecule has 3 aromatic rings. The fraction of sp³-hybridized carbons (Fsp3) is 0. The maximum absolute atomic E-state index is 9.41. The molecule has 0 spiro atoms. The van der Waals surface area contributed by atoms with Crippen LogP contribution in [0, 0.1) is 0 Å². The zero-order chi connectivity index (χ0) is 12.4. The second kappa shape index (κ2) is 4.63. The van der Waals surface area contributed by atoms with Gasteiger partial charge in [-0.05, 0) is 29.8 Å². The van der Waals surface area contributed by atoms with Gasteiger partial charge in [0.1, 0.15) is 10.8 Å². The molecule has 0 aliphatic rings. The summed E-state index contributed by atoms with van der Waals surface area (Å²) in [4.78, 5) is 4.49. The van der Waals surface area contributed by atoms with Crippen LogP contribution in [0.25, 0.3) is 22.4 Å². The van der Waals surface area contributed by atoms with Gasteiger partial charge in [-0.15, -0.1) is 11.3 Å². The molecule has 0 atom stereocenters. The normalized spacial score (nSPS) is 11.3. The molecule has 88 valence electrons. The molecule has 1 N–H and O–H groups in total. The van der Waals surface area contributed by atoms with Gasteiger partial charge in [-0.3, -0.25) is 0 Å². The molecule has 3 rings (SSSR count). The first kappa shape index (κ1) is 11.0. The number of rotatable bonds is 2. The van der Waals surface area contributed by atoms with Crippen LogP contribution in [0.4, 0.5) is 0 Å². The lowest BCUT2D eigenvalue weighted by molar-refractivity contribution is 0.476. The van der Waals surface area contributed by atoms with Gasteiger partial charge in [0.25, 0.3) is 0 Å². The summed E-state index contributed by atoms with van der Waals surface area (Å²) < 4.78 is 1.00. The quantitative estimate of drug-likeness (QED) is 0.743. The molecule has 0 bridgehead atoms. The van der Waals surface area contributed by atoms with Crippen molar-refractivity contribution in [2.45, 2.75) is 0 Å². The van der Waals surface area contributed by atoms with Crippen molar-refractivity contribution in [3.63, 3.8) is 0 Å². The molecule has 0 unspecified atom stereocenters. The van der Waals surface area contributed by atoms with Gasteiger partial charge in [-0.2, -0.15) is 0 Å². The lowest BCUT2D eigenvalue weighted by Crippen LogP contribution is -1.70. The molecule has 2 nitrogen and oxygen atoms in total. The minimum Gasteiger partial charge on any atom is -0.508 e. The second-order valence-electron chi connectivity index (χ2n) is 3.95.